The zero-order valence-corrected chi connectivity index (χ0v) is 7.08. The Morgan fingerprint density at radius 2 is 1.71 bits per heavy atom. The van der Waals surface area contributed by atoms with E-state index in [1.54, 1.807) is 18.2 Å². The van der Waals surface area contributed by atoms with E-state index in [4.69, 9.17) is 10.2 Å². The average Bonchev–Trinajstić information content (AvgIpc) is 2.15. The van der Waals surface area contributed by atoms with Crippen LogP contribution >= 0.6 is 0 Å². The number of carboxylic acids is 1. The van der Waals surface area contributed by atoms with E-state index in [2.05, 4.69) is 4.74 Å². The minimum Gasteiger partial charge on any atom is -0.478 e. The summed E-state index contributed by atoms with van der Waals surface area (Å²) >= 11 is 0. The van der Waals surface area contributed by atoms with E-state index in [1.807, 2.05) is 0 Å². The summed E-state index contributed by atoms with van der Waals surface area (Å²) in [6, 6.07) is 7.89. The summed E-state index contributed by atoms with van der Waals surface area (Å²) in [7, 11) is 0. The van der Waals surface area contributed by atoms with E-state index in [9.17, 15) is 9.59 Å². The molecule has 2 N–H and O–H groups in total. The van der Waals surface area contributed by atoms with Gasteiger partial charge in [0.1, 0.15) is 0 Å². The lowest BCUT2D eigenvalue weighted by molar-refractivity contribution is -0.148. The Hall–Kier alpha value is -2.04. The van der Waals surface area contributed by atoms with Crippen LogP contribution in [-0.4, -0.2) is 22.3 Å². The molecule has 1 rings (SSSR count). The maximum absolute atomic E-state index is 10.6. The van der Waals surface area contributed by atoms with Crippen LogP contribution in [0.5, 0.6) is 0 Å². The van der Waals surface area contributed by atoms with Gasteiger partial charge in [0.05, 0.1) is 0 Å². The first kappa shape index (κ1) is 10.0. The molecule has 0 aromatic heterocycles. The van der Waals surface area contributed by atoms with Gasteiger partial charge in [0.2, 0.25) is 6.10 Å². The second kappa shape index (κ2) is 4.27. The Morgan fingerprint density at radius 1 is 1.14 bits per heavy atom. The maximum Gasteiger partial charge on any atom is 0.506 e. The van der Waals surface area contributed by atoms with E-state index < -0.39 is 18.2 Å². The molecule has 0 aliphatic carbocycles. The number of hydrogen-bond donors (Lipinski definition) is 2. The van der Waals surface area contributed by atoms with Crippen molar-refractivity contribution in [2.24, 2.45) is 0 Å². The summed E-state index contributed by atoms with van der Waals surface area (Å²) < 4.78 is 4.21. The van der Waals surface area contributed by atoms with Gasteiger partial charge in [-0.15, -0.1) is 0 Å². The van der Waals surface area contributed by atoms with Gasteiger partial charge in [0, 0.05) is 5.56 Å². The monoisotopic (exact) mass is 196 g/mol. The van der Waals surface area contributed by atoms with Crippen molar-refractivity contribution in [1.29, 1.82) is 0 Å². The molecule has 5 heteroatoms. The molecule has 1 aromatic carbocycles. The Balaban J connectivity index is 2.89. The van der Waals surface area contributed by atoms with Crippen LogP contribution in [0.2, 0.25) is 0 Å². The minimum atomic E-state index is -1.61. The molecule has 0 radical (unpaired) electrons. The Morgan fingerprint density at radius 3 is 2.14 bits per heavy atom. The fourth-order valence-electron chi connectivity index (χ4n) is 0.990. The van der Waals surface area contributed by atoms with Crippen molar-refractivity contribution in [2.45, 2.75) is 6.10 Å². The van der Waals surface area contributed by atoms with E-state index in [0.29, 0.717) is 5.56 Å². The van der Waals surface area contributed by atoms with Crippen molar-refractivity contribution >= 4 is 12.1 Å². The van der Waals surface area contributed by atoms with Crippen molar-refractivity contribution < 1.29 is 24.5 Å². The highest BCUT2D eigenvalue weighted by molar-refractivity contribution is 5.76. The molecule has 0 fully saturated rings. The maximum atomic E-state index is 10.6. The smallest absolute Gasteiger partial charge is 0.478 e. The summed E-state index contributed by atoms with van der Waals surface area (Å²) in [6.45, 7) is 0. The van der Waals surface area contributed by atoms with Gasteiger partial charge in [-0.2, -0.15) is 0 Å². The lowest BCUT2D eigenvalue weighted by atomic mass is 10.1. The number of benzene rings is 1. The molecule has 1 aromatic rings. The summed E-state index contributed by atoms with van der Waals surface area (Å²) in [5.41, 5.74) is 0.294. The number of ether oxygens (including phenoxy) is 1. The summed E-state index contributed by atoms with van der Waals surface area (Å²) in [6.07, 6.45) is -3.07. The molecule has 74 valence electrons. The Bertz CT molecular complexity index is 332. The fourth-order valence-corrected chi connectivity index (χ4v) is 0.990. The molecule has 1 atom stereocenters. The third-order valence-corrected chi connectivity index (χ3v) is 1.55. The number of carboxylic acid groups (broad SMARTS) is 2. The SMILES string of the molecule is O=C(O)OC(C(=O)O)c1ccccc1. The van der Waals surface area contributed by atoms with Crippen LogP contribution in [0.25, 0.3) is 0 Å². The van der Waals surface area contributed by atoms with Gasteiger partial charge in [0.15, 0.2) is 0 Å². The van der Waals surface area contributed by atoms with E-state index >= 15 is 0 Å². The fraction of sp³-hybridized carbons (Fsp3) is 0.111. The highest BCUT2D eigenvalue weighted by Gasteiger charge is 2.23. The molecule has 0 spiro atoms. The first-order valence-corrected chi connectivity index (χ1v) is 3.78. The lowest BCUT2D eigenvalue weighted by Crippen LogP contribution is -2.18. The van der Waals surface area contributed by atoms with Crippen LogP contribution in [0, 0.1) is 0 Å². The van der Waals surface area contributed by atoms with Crippen LogP contribution in [-0.2, 0) is 9.53 Å². The molecule has 5 nitrogen and oxygen atoms in total. The average molecular weight is 196 g/mol. The van der Waals surface area contributed by atoms with Crippen LogP contribution in [0.3, 0.4) is 0 Å². The zero-order chi connectivity index (χ0) is 10.6. The number of hydrogen-bond acceptors (Lipinski definition) is 3. The van der Waals surface area contributed by atoms with Crippen molar-refractivity contribution in [1.82, 2.24) is 0 Å². The normalized spacial score (nSPS) is 11.7. The molecule has 0 saturated heterocycles. The Labute approximate surface area is 79.6 Å². The van der Waals surface area contributed by atoms with Crippen molar-refractivity contribution in [3.05, 3.63) is 35.9 Å². The molecule has 0 saturated carbocycles. The second-order valence-electron chi connectivity index (χ2n) is 2.51. The van der Waals surface area contributed by atoms with Gasteiger partial charge in [-0.05, 0) is 0 Å². The highest BCUT2D eigenvalue weighted by Crippen LogP contribution is 2.17. The largest absolute Gasteiger partial charge is 0.506 e. The van der Waals surface area contributed by atoms with Crippen LogP contribution in [0.15, 0.2) is 30.3 Å². The first-order chi connectivity index (χ1) is 6.61. The van der Waals surface area contributed by atoms with Gasteiger partial charge >= 0.3 is 12.1 Å². The Kier molecular flexibility index (Phi) is 3.06. The molecule has 0 aliphatic rings. The third kappa shape index (κ3) is 2.48. The van der Waals surface area contributed by atoms with Crippen LogP contribution in [0.4, 0.5) is 4.79 Å². The molecule has 0 amide bonds. The van der Waals surface area contributed by atoms with Gasteiger partial charge in [-0.25, -0.2) is 9.59 Å². The molecule has 1 unspecified atom stereocenters. The zero-order valence-electron chi connectivity index (χ0n) is 7.08. The number of carbonyl (C=O) groups is 2. The summed E-state index contributed by atoms with van der Waals surface area (Å²) in [4.78, 5) is 20.8. The molecule has 0 aliphatic heterocycles. The predicted molar refractivity (Wildman–Crippen MR) is 45.9 cm³/mol. The molecule has 0 bridgehead atoms. The third-order valence-electron chi connectivity index (χ3n) is 1.55. The van der Waals surface area contributed by atoms with E-state index in [1.165, 1.54) is 12.1 Å². The van der Waals surface area contributed by atoms with Gasteiger partial charge in [-0.1, -0.05) is 30.3 Å². The van der Waals surface area contributed by atoms with Gasteiger partial charge in [0.25, 0.3) is 0 Å². The van der Waals surface area contributed by atoms with Crippen molar-refractivity contribution in [3.8, 4) is 0 Å². The second-order valence-corrected chi connectivity index (χ2v) is 2.51. The highest BCUT2D eigenvalue weighted by atomic mass is 16.7. The first-order valence-electron chi connectivity index (χ1n) is 3.78. The molecular formula is C9H8O5. The number of rotatable bonds is 3. The molecule has 0 heterocycles. The molecular weight excluding hydrogens is 188 g/mol. The standard InChI is InChI=1S/C9H8O5/c10-8(11)7(14-9(12)13)6-4-2-1-3-5-6/h1-5,7H,(H,10,11)(H,12,13). The predicted octanol–water partition coefficient (Wildman–Crippen LogP) is 1.51. The van der Waals surface area contributed by atoms with Gasteiger partial charge in [-0.3, -0.25) is 0 Å². The van der Waals surface area contributed by atoms with Crippen molar-refractivity contribution in [3.63, 3.8) is 0 Å². The lowest BCUT2D eigenvalue weighted by Gasteiger charge is -2.10. The van der Waals surface area contributed by atoms with Crippen LogP contribution in [0.1, 0.15) is 11.7 Å². The number of aliphatic carboxylic acids is 1. The van der Waals surface area contributed by atoms with Crippen molar-refractivity contribution in [2.75, 3.05) is 0 Å². The van der Waals surface area contributed by atoms with E-state index in [-0.39, 0.29) is 0 Å². The summed E-state index contributed by atoms with van der Waals surface area (Å²) in [5.74, 6) is -1.33. The van der Waals surface area contributed by atoms with E-state index in [0.717, 1.165) is 0 Å². The quantitative estimate of drug-likeness (QED) is 0.715. The molecule has 14 heavy (non-hydrogen) atoms. The van der Waals surface area contributed by atoms with Gasteiger partial charge < -0.3 is 14.9 Å². The van der Waals surface area contributed by atoms with Crippen LogP contribution < -0.4 is 0 Å². The summed E-state index contributed by atoms with van der Waals surface area (Å²) in [5, 5.41) is 17.0. The topological polar surface area (TPSA) is 83.8 Å². The minimum absolute atomic E-state index is 0.294.